The Hall–Kier alpha value is -0.661. The van der Waals surface area contributed by atoms with Crippen molar-refractivity contribution >= 4 is 28.7 Å². The van der Waals surface area contributed by atoms with Gasteiger partial charge in [-0.15, -0.1) is 6.58 Å². The average molecular weight is 461 g/mol. The van der Waals surface area contributed by atoms with E-state index in [1.807, 2.05) is 0 Å². The Morgan fingerprint density at radius 1 is 1.00 bits per heavy atom. The standard InChI is InChI=1S/C25H45BO3Si2/c1-20(26-28-24(5,6)25(7,8)29-26)18-22(19-27-31(11,12)23(2,3)4)30(9,10)21-16-14-13-15-17-21/h13-17,22H,1,18-19H2,2-12H3/t22-/m1/s1. The van der Waals surface area contributed by atoms with Crippen LogP contribution in [0.15, 0.2) is 42.4 Å². The van der Waals surface area contributed by atoms with Crippen molar-refractivity contribution in [1.29, 1.82) is 0 Å². The quantitative estimate of drug-likeness (QED) is 0.411. The average Bonchev–Trinajstić information content (AvgIpc) is 2.85. The molecule has 0 N–H and O–H groups in total. The fraction of sp³-hybridized carbons (Fsp3) is 0.680. The largest absolute Gasteiger partial charge is 0.489 e. The van der Waals surface area contributed by atoms with E-state index in [2.05, 4.69) is 112 Å². The summed E-state index contributed by atoms with van der Waals surface area (Å²) < 4.78 is 19.4. The van der Waals surface area contributed by atoms with Gasteiger partial charge in [0.05, 0.1) is 19.3 Å². The van der Waals surface area contributed by atoms with Gasteiger partial charge in [0.15, 0.2) is 8.32 Å². The third-order valence-electron chi connectivity index (χ3n) is 8.09. The molecule has 2 rings (SSSR count). The molecule has 0 aliphatic carbocycles. The number of allylic oxidation sites excluding steroid dienone is 1. The Bertz CT molecular complexity index is 751. The first-order chi connectivity index (χ1) is 13.9. The van der Waals surface area contributed by atoms with Crippen LogP contribution in [0.5, 0.6) is 0 Å². The molecule has 31 heavy (non-hydrogen) atoms. The molecule has 0 unspecified atom stereocenters. The lowest BCUT2D eigenvalue weighted by Gasteiger charge is -2.40. The molecule has 1 heterocycles. The molecule has 0 bridgehead atoms. The molecule has 0 aromatic heterocycles. The van der Waals surface area contributed by atoms with Gasteiger partial charge in [-0.3, -0.25) is 0 Å². The third-order valence-corrected chi connectivity index (χ3v) is 16.8. The molecule has 174 valence electrons. The highest BCUT2D eigenvalue weighted by Gasteiger charge is 2.52. The van der Waals surface area contributed by atoms with E-state index in [9.17, 15) is 0 Å². The van der Waals surface area contributed by atoms with E-state index in [-0.39, 0.29) is 23.4 Å². The summed E-state index contributed by atoms with van der Waals surface area (Å²) in [7, 11) is -4.03. The minimum absolute atomic E-state index is 0.193. The molecule has 6 heteroatoms. The number of hydrogen-bond acceptors (Lipinski definition) is 3. The molecule has 1 saturated heterocycles. The Morgan fingerprint density at radius 2 is 1.48 bits per heavy atom. The van der Waals surface area contributed by atoms with Crippen LogP contribution in [0.1, 0.15) is 54.9 Å². The van der Waals surface area contributed by atoms with Crippen molar-refractivity contribution < 1.29 is 13.7 Å². The fourth-order valence-electron chi connectivity index (χ4n) is 3.57. The van der Waals surface area contributed by atoms with Crippen LogP contribution in [-0.4, -0.2) is 41.3 Å². The van der Waals surface area contributed by atoms with Gasteiger partial charge >= 0.3 is 7.12 Å². The second kappa shape index (κ2) is 8.94. The highest BCUT2D eigenvalue weighted by Crippen LogP contribution is 2.42. The van der Waals surface area contributed by atoms with E-state index >= 15 is 0 Å². The number of hydrogen-bond donors (Lipinski definition) is 0. The van der Waals surface area contributed by atoms with Crippen molar-refractivity contribution in [3.8, 4) is 0 Å². The van der Waals surface area contributed by atoms with Crippen LogP contribution in [0.25, 0.3) is 0 Å². The lowest BCUT2D eigenvalue weighted by atomic mass is 9.77. The highest BCUT2D eigenvalue weighted by atomic mass is 28.4. The van der Waals surface area contributed by atoms with Crippen molar-refractivity contribution in [2.24, 2.45) is 0 Å². The molecular weight excluding hydrogens is 415 g/mol. The predicted octanol–water partition coefficient (Wildman–Crippen LogP) is 6.57. The summed E-state index contributed by atoms with van der Waals surface area (Å²) in [5.74, 6) is 0. The molecule has 0 radical (unpaired) electrons. The van der Waals surface area contributed by atoms with Crippen LogP contribution in [-0.2, 0) is 13.7 Å². The highest BCUT2D eigenvalue weighted by molar-refractivity contribution is 6.91. The van der Waals surface area contributed by atoms with E-state index in [0.29, 0.717) is 5.54 Å². The van der Waals surface area contributed by atoms with Gasteiger partial charge in [0.25, 0.3) is 0 Å². The Labute approximate surface area is 194 Å². The summed E-state index contributed by atoms with van der Waals surface area (Å²) in [4.78, 5) is 0. The summed E-state index contributed by atoms with van der Waals surface area (Å²) >= 11 is 0. The first-order valence-electron chi connectivity index (χ1n) is 11.6. The zero-order chi connectivity index (χ0) is 23.9. The third kappa shape index (κ3) is 5.83. The predicted molar refractivity (Wildman–Crippen MR) is 140 cm³/mol. The van der Waals surface area contributed by atoms with Crippen LogP contribution in [0.3, 0.4) is 0 Å². The minimum Gasteiger partial charge on any atom is -0.417 e. The monoisotopic (exact) mass is 460 g/mol. The van der Waals surface area contributed by atoms with E-state index in [1.165, 1.54) is 5.19 Å². The maximum atomic E-state index is 6.76. The molecule has 0 saturated carbocycles. The molecule has 1 aromatic rings. The second-order valence-electron chi connectivity index (χ2n) is 12.3. The molecule has 3 nitrogen and oxygen atoms in total. The van der Waals surface area contributed by atoms with Crippen LogP contribution >= 0.6 is 0 Å². The summed E-state index contributed by atoms with van der Waals surface area (Å²) in [6.45, 7) is 30.1. The summed E-state index contributed by atoms with van der Waals surface area (Å²) in [6, 6.07) is 11.0. The van der Waals surface area contributed by atoms with Crippen LogP contribution in [0.2, 0.25) is 36.8 Å². The van der Waals surface area contributed by atoms with Gasteiger partial charge < -0.3 is 13.7 Å². The first-order valence-corrected chi connectivity index (χ1v) is 17.6. The van der Waals surface area contributed by atoms with E-state index < -0.39 is 16.4 Å². The van der Waals surface area contributed by atoms with Crippen LogP contribution in [0.4, 0.5) is 0 Å². The van der Waals surface area contributed by atoms with Gasteiger partial charge in [-0.25, -0.2) is 0 Å². The lowest BCUT2D eigenvalue weighted by molar-refractivity contribution is 0.00578. The molecule has 0 spiro atoms. The lowest BCUT2D eigenvalue weighted by Crippen LogP contribution is -2.50. The fourth-order valence-corrected chi connectivity index (χ4v) is 7.59. The van der Waals surface area contributed by atoms with Crippen LogP contribution in [0, 0.1) is 0 Å². The van der Waals surface area contributed by atoms with Gasteiger partial charge in [0, 0.05) is 6.61 Å². The van der Waals surface area contributed by atoms with E-state index in [4.69, 9.17) is 13.7 Å². The van der Waals surface area contributed by atoms with Gasteiger partial charge in [-0.2, -0.15) is 0 Å². The topological polar surface area (TPSA) is 27.7 Å². The molecule has 1 atom stereocenters. The van der Waals surface area contributed by atoms with E-state index in [0.717, 1.165) is 18.5 Å². The van der Waals surface area contributed by atoms with Crippen LogP contribution < -0.4 is 5.19 Å². The zero-order valence-electron chi connectivity index (χ0n) is 21.9. The number of rotatable bonds is 8. The Morgan fingerprint density at radius 3 is 1.94 bits per heavy atom. The van der Waals surface area contributed by atoms with Crippen molar-refractivity contribution in [2.45, 2.75) is 103 Å². The first kappa shape index (κ1) is 26.6. The molecule has 1 aromatic carbocycles. The van der Waals surface area contributed by atoms with E-state index in [1.54, 1.807) is 0 Å². The van der Waals surface area contributed by atoms with Crippen molar-refractivity contribution in [3.63, 3.8) is 0 Å². The zero-order valence-corrected chi connectivity index (χ0v) is 23.9. The summed E-state index contributed by atoms with van der Waals surface area (Å²) in [5.41, 5.74) is 0.731. The van der Waals surface area contributed by atoms with Gasteiger partial charge in [0.2, 0.25) is 0 Å². The van der Waals surface area contributed by atoms with Gasteiger partial charge in [0.1, 0.15) is 0 Å². The van der Waals surface area contributed by atoms with Crippen molar-refractivity contribution in [3.05, 3.63) is 42.4 Å². The Balaban J connectivity index is 2.27. The normalized spacial score (nSPS) is 20.0. The smallest absolute Gasteiger partial charge is 0.417 e. The molecule has 1 aliphatic heterocycles. The number of benzene rings is 1. The minimum atomic E-state index is -1.85. The Kier molecular flexibility index (Phi) is 7.67. The summed E-state index contributed by atoms with van der Waals surface area (Å²) in [6.07, 6.45) is 0.861. The summed E-state index contributed by atoms with van der Waals surface area (Å²) in [5, 5.41) is 1.65. The molecule has 1 aliphatic rings. The molecule has 1 fully saturated rings. The van der Waals surface area contributed by atoms with Gasteiger partial charge in [-0.05, 0) is 63.3 Å². The second-order valence-corrected chi connectivity index (χ2v) is 22.0. The van der Waals surface area contributed by atoms with Gasteiger partial charge in [-0.1, -0.05) is 69.4 Å². The van der Waals surface area contributed by atoms with Crippen molar-refractivity contribution in [1.82, 2.24) is 0 Å². The molecule has 0 amide bonds. The SMILES string of the molecule is C=C(C[C@H](CO[Si](C)(C)C(C)(C)C)[Si](C)(C)c1ccccc1)B1OC(C)(C)C(C)(C)O1. The van der Waals surface area contributed by atoms with Crippen molar-refractivity contribution in [2.75, 3.05) is 6.61 Å². The maximum Gasteiger partial charge on any atom is 0.489 e. The maximum absolute atomic E-state index is 6.76. The molecular formula is C25H45BO3Si2.